The van der Waals surface area contributed by atoms with Crippen LogP contribution in [0.4, 0.5) is 0 Å². The molecule has 0 saturated heterocycles. The van der Waals surface area contributed by atoms with Crippen LogP contribution >= 0.6 is 0 Å². The number of hydrogen-bond acceptors (Lipinski definition) is 2. The molecule has 2 nitrogen and oxygen atoms in total. The Balaban J connectivity index is 2.00. The van der Waals surface area contributed by atoms with Crippen LogP contribution in [0.25, 0.3) is 0 Å². The highest BCUT2D eigenvalue weighted by molar-refractivity contribution is 5.92. The molecule has 3 aliphatic rings. The van der Waals surface area contributed by atoms with E-state index in [1.807, 2.05) is 0 Å². The highest BCUT2D eigenvalue weighted by Crippen LogP contribution is 2.62. The highest BCUT2D eigenvalue weighted by Gasteiger charge is 2.61. The van der Waals surface area contributed by atoms with E-state index in [1.165, 1.54) is 0 Å². The number of Topliss-reactive ketones (excluding diaryl/α,β-unsaturated/α-hetero) is 1. The van der Waals surface area contributed by atoms with Gasteiger partial charge < -0.3 is 5.41 Å². The van der Waals surface area contributed by atoms with E-state index in [1.54, 1.807) is 6.21 Å². The molecule has 1 N–H and O–H groups in total. The number of ketones is 1. The van der Waals surface area contributed by atoms with Gasteiger partial charge in [0.1, 0.15) is 5.78 Å². The minimum Gasteiger partial charge on any atom is -0.313 e. The Kier molecular flexibility index (Phi) is 1.03. The molecule has 0 aliphatic heterocycles. The molecule has 3 fully saturated rings. The van der Waals surface area contributed by atoms with Crippen molar-refractivity contribution in [2.75, 3.05) is 0 Å². The predicted octanol–water partition coefficient (Wildman–Crippen LogP) is 1.64. The maximum absolute atomic E-state index is 11.5. The lowest BCUT2D eigenvalue weighted by Crippen LogP contribution is -2.44. The fourth-order valence-corrected chi connectivity index (χ4v) is 3.58. The Bertz CT molecular complexity index is 273. The third-order valence-corrected chi connectivity index (χ3v) is 4.29. The summed E-state index contributed by atoms with van der Waals surface area (Å²) in [5, 5.41) is 7.41. The molecule has 0 radical (unpaired) electrons. The van der Waals surface area contributed by atoms with E-state index >= 15 is 0 Å². The summed E-state index contributed by atoms with van der Waals surface area (Å²) >= 11 is 0. The second kappa shape index (κ2) is 1.81. The number of nitrogens with one attached hydrogen (secondary N) is 1. The average molecular weight is 163 g/mol. The van der Waals surface area contributed by atoms with Gasteiger partial charge in [0, 0.05) is 23.5 Å². The predicted molar refractivity (Wildman–Crippen MR) is 45.2 cm³/mol. The monoisotopic (exact) mass is 163 g/mol. The SMILES string of the molecule is N=C[C@]12CC[C@@H]3C(=O)[C@H](C1)[C@@H]3C2. The van der Waals surface area contributed by atoms with Gasteiger partial charge in [0.25, 0.3) is 0 Å². The lowest BCUT2D eigenvalue weighted by atomic mass is 9.62. The van der Waals surface area contributed by atoms with Crippen molar-refractivity contribution in [3.63, 3.8) is 0 Å². The minimum absolute atomic E-state index is 0.151. The van der Waals surface area contributed by atoms with Gasteiger partial charge in [-0.15, -0.1) is 0 Å². The summed E-state index contributed by atoms with van der Waals surface area (Å²) in [7, 11) is 0. The van der Waals surface area contributed by atoms with Crippen LogP contribution in [0.2, 0.25) is 0 Å². The smallest absolute Gasteiger partial charge is 0.139 e. The first-order chi connectivity index (χ1) is 5.76. The zero-order valence-corrected chi connectivity index (χ0v) is 7.05. The molecule has 0 heterocycles. The van der Waals surface area contributed by atoms with Crippen LogP contribution in [0.15, 0.2) is 0 Å². The second-order valence-corrected chi connectivity index (χ2v) is 4.73. The van der Waals surface area contributed by atoms with Crippen molar-refractivity contribution in [2.45, 2.75) is 25.7 Å². The lowest BCUT2D eigenvalue weighted by Gasteiger charge is -2.40. The summed E-state index contributed by atoms with van der Waals surface area (Å²) in [4.78, 5) is 11.5. The van der Waals surface area contributed by atoms with E-state index in [4.69, 9.17) is 5.41 Å². The largest absolute Gasteiger partial charge is 0.313 e. The van der Waals surface area contributed by atoms with Gasteiger partial charge in [0.05, 0.1) is 0 Å². The normalized spacial score (nSPS) is 55.0. The fourth-order valence-electron chi connectivity index (χ4n) is 3.58. The molecule has 3 aliphatic carbocycles. The molecule has 2 heteroatoms. The summed E-state index contributed by atoms with van der Waals surface area (Å²) in [6.07, 6.45) is 5.91. The Hall–Kier alpha value is -0.660. The summed E-state index contributed by atoms with van der Waals surface area (Å²) in [5.41, 5.74) is 0.151. The number of carbonyl (C=O) groups is 1. The molecular weight excluding hydrogens is 150 g/mol. The van der Waals surface area contributed by atoms with Crippen molar-refractivity contribution in [3.8, 4) is 0 Å². The zero-order valence-electron chi connectivity index (χ0n) is 7.05. The number of carbonyl (C=O) groups excluding carboxylic acids is 1. The first-order valence-electron chi connectivity index (χ1n) is 4.81. The maximum Gasteiger partial charge on any atom is 0.139 e. The van der Waals surface area contributed by atoms with Gasteiger partial charge in [-0.05, 0) is 31.6 Å². The summed E-state index contributed by atoms with van der Waals surface area (Å²) in [5.74, 6) is 1.96. The van der Waals surface area contributed by atoms with Crippen LogP contribution in [-0.2, 0) is 4.79 Å². The lowest BCUT2D eigenvalue weighted by molar-refractivity contribution is -0.141. The van der Waals surface area contributed by atoms with E-state index < -0.39 is 0 Å². The van der Waals surface area contributed by atoms with Gasteiger partial charge in [-0.2, -0.15) is 0 Å². The molecule has 3 saturated carbocycles. The van der Waals surface area contributed by atoms with Gasteiger partial charge in [-0.25, -0.2) is 0 Å². The third kappa shape index (κ3) is 0.551. The van der Waals surface area contributed by atoms with Crippen LogP contribution in [0, 0.1) is 28.6 Å². The Morgan fingerprint density at radius 2 is 2.25 bits per heavy atom. The second-order valence-electron chi connectivity index (χ2n) is 4.73. The zero-order chi connectivity index (χ0) is 8.34. The molecule has 0 unspecified atom stereocenters. The topological polar surface area (TPSA) is 40.9 Å². The van der Waals surface area contributed by atoms with Crippen molar-refractivity contribution in [2.24, 2.45) is 23.2 Å². The fraction of sp³-hybridized carbons (Fsp3) is 0.800. The van der Waals surface area contributed by atoms with Gasteiger partial charge in [-0.1, -0.05) is 0 Å². The minimum atomic E-state index is 0.151. The quantitative estimate of drug-likeness (QED) is 0.586. The van der Waals surface area contributed by atoms with Crippen molar-refractivity contribution in [3.05, 3.63) is 0 Å². The molecule has 0 aromatic rings. The van der Waals surface area contributed by atoms with E-state index in [0.29, 0.717) is 23.5 Å². The number of fused-ring (bicyclic) bond motifs is 1. The summed E-state index contributed by atoms with van der Waals surface area (Å²) < 4.78 is 0. The maximum atomic E-state index is 11.5. The molecule has 0 aromatic heterocycles. The van der Waals surface area contributed by atoms with Crippen LogP contribution in [-0.4, -0.2) is 12.0 Å². The summed E-state index contributed by atoms with van der Waals surface area (Å²) in [6.45, 7) is 0. The van der Waals surface area contributed by atoms with Crippen LogP contribution in [0.1, 0.15) is 25.7 Å². The van der Waals surface area contributed by atoms with Crippen molar-refractivity contribution in [1.82, 2.24) is 0 Å². The van der Waals surface area contributed by atoms with E-state index in [-0.39, 0.29) is 5.41 Å². The Morgan fingerprint density at radius 1 is 1.42 bits per heavy atom. The molecule has 4 atom stereocenters. The van der Waals surface area contributed by atoms with E-state index in [2.05, 4.69) is 0 Å². The third-order valence-electron chi connectivity index (χ3n) is 4.29. The standard InChI is InChI=1S/C10H13NO/c11-5-10-2-1-6-7(3-10)8(4-10)9(6)12/h5-8,11H,1-4H2/t6-,7+,8+,10-/m0/s1. The molecule has 0 aromatic carbocycles. The first-order valence-corrected chi connectivity index (χ1v) is 4.81. The van der Waals surface area contributed by atoms with E-state index in [9.17, 15) is 4.79 Å². The summed E-state index contributed by atoms with van der Waals surface area (Å²) in [6, 6.07) is 0. The highest BCUT2D eigenvalue weighted by atomic mass is 16.1. The molecule has 3 rings (SSSR count). The van der Waals surface area contributed by atoms with Gasteiger partial charge in [0.15, 0.2) is 0 Å². The van der Waals surface area contributed by atoms with Gasteiger partial charge in [-0.3, -0.25) is 4.79 Å². The van der Waals surface area contributed by atoms with Crippen molar-refractivity contribution in [1.29, 1.82) is 5.41 Å². The van der Waals surface area contributed by atoms with Gasteiger partial charge in [0.2, 0.25) is 0 Å². The molecule has 0 amide bonds. The molecular formula is C10H13NO. The van der Waals surface area contributed by atoms with E-state index in [0.717, 1.165) is 25.7 Å². The molecule has 64 valence electrons. The van der Waals surface area contributed by atoms with Gasteiger partial charge >= 0.3 is 0 Å². The van der Waals surface area contributed by atoms with Crippen LogP contribution < -0.4 is 0 Å². The number of rotatable bonds is 1. The Labute approximate surface area is 71.9 Å². The molecule has 2 bridgehead atoms. The molecule has 12 heavy (non-hydrogen) atoms. The first kappa shape index (κ1) is 6.81. The van der Waals surface area contributed by atoms with Crippen LogP contribution in [0.3, 0.4) is 0 Å². The van der Waals surface area contributed by atoms with Crippen molar-refractivity contribution < 1.29 is 4.79 Å². The Morgan fingerprint density at radius 3 is 3.00 bits per heavy atom. The molecule has 0 spiro atoms. The average Bonchev–Trinajstić information content (AvgIpc) is 2.26. The van der Waals surface area contributed by atoms with Crippen molar-refractivity contribution >= 4 is 12.0 Å². The van der Waals surface area contributed by atoms with Crippen LogP contribution in [0.5, 0.6) is 0 Å². The number of hydrogen-bond donors (Lipinski definition) is 1.